The number of ether oxygens (including phenoxy) is 4. The molecule has 0 aliphatic heterocycles. The Bertz CT molecular complexity index is 509. The largest absolute Gasteiger partial charge is 0.504 e. The minimum Gasteiger partial charge on any atom is -0.504 e. The molecule has 0 unspecified atom stereocenters. The highest BCUT2D eigenvalue weighted by Crippen LogP contribution is 2.30. The molecular weight excluding hydrogens is 352 g/mol. The molecular formula is C18H34O5Si2. The van der Waals surface area contributed by atoms with Gasteiger partial charge in [-0.05, 0) is 24.2 Å². The second-order valence-electron chi connectivity index (χ2n) is 8.59. The van der Waals surface area contributed by atoms with Crippen LogP contribution >= 0.6 is 0 Å². The number of phenols is 1. The van der Waals surface area contributed by atoms with Gasteiger partial charge in [-0.3, -0.25) is 0 Å². The molecule has 0 radical (unpaired) electrons. The fraction of sp³-hybridized carbons (Fsp3) is 0.667. The Balaban J connectivity index is 2.27. The summed E-state index contributed by atoms with van der Waals surface area (Å²) >= 11 is 0. The molecule has 0 amide bonds. The predicted molar refractivity (Wildman–Crippen MR) is 107 cm³/mol. The molecule has 1 aromatic rings. The Hall–Kier alpha value is -1.03. The van der Waals surface area contributed by atoms with Crippen LogP contribution in [0.4, 0.5) is 0 Å². The highest BCUT2D eigenvalue weighted by molar-refractivity contribution is 6.76. The van der Waals surface area contributed by atoms with Gasteiger partial charge in [-0.15, -0.1) is 0 Å². The number of hydrogen-bond acceptors (Lipinski definition) is 5. The quantitative estimate of drug-likeness (QED) is 0.318. The molecule has 1 rings (SSSR count). The van der Waals surface area contributed by atoms with Crippen LogP contribution < -0.4 is 9.47 Å². The van der Waals surface area contributed by atoms with Gasteiger partial charge in [0.05, 0.1) is 0 Å². The number of aromatic hydroxyl groups is 1. The van der Waals surface area contributed by atoms with Crippen molar-refractivity contribution >= 4 is 16.1 Å². The summed E-state index contributed by atoms with van der Waals surface area (Å²) in [6.45, 7) is 15.5. The fourth-order valence-corrected chi connectivity index (χ4v) is 3.31. The average Bonchev–Trinajstić information content (AvgIpc) is 2.46. The summed E-state index contributed by atoms with van der Waals surface area (Å²) in [7, 11) is -2.17. The summed E-state index contributed by atoms with van der Waals surface area (Å²) in [5.41, 5.74) is 0. The minimum absolute atomic E-state index is 0.0356. The second kappa shape index (κ2) is 10.2. The molecule has 0 heterocycles. The SMILES string of the molecule is C[Si](C)(C)CCOCOc1ccc(OCOCC[Si](C)(C)C)c(O)c1. The van der Waals surface area contributed by atoms with Crippen molar-refractivity contribution < 1.29 is 24.1 Å². The van der Waals surface area contributed by atoms with Gasteiger partial charge in [-0.1, -0.05) is 39.3 Å². The van der Waals surface area contributed by atoms with E-state index in [2.05, 4.69) is 39.3 Å². The molecule has 144 valence electrons. The highest BCUT2D eigenvalue weighted by atomic mass is 28.3. The van der Waals surface area contributed by atoms with E-state index in [1.165, 1.54) is 6.07 Å². The van der Waals surface area contributed by atoms with Crippen molar-refractivity contribution in [2.75, 3.05) is 26.8 Å². The summed E-state index contributed by atoms with van der Waals surface area (Å²) in [4.78, 5) is 0. The van der Waals surface area contributed by atoms with Gasteiger partial charge in [0.25, 0.3) is 0 Å². The maximum atomic E-state index is 10.00. The lowest BCUT2D eigenvalue weighted by atomic mass is 10.3. The standard InChI is InChI=1S/C18H34O5Si2/c1-24(2,3)11-9-20-14-22-16-7-8-18(17(19)13-16)23-15-21-10-12-25(4,5)6/h7-8,13,19H,9-12,14-15H2,1-6H3. The van der Waals surface area contributed by atoms with E-state index in [0.717, 1.165) is 12.1 Å². The molecule has 7 heteroatoms. The zero-order chi connectivity index (χ0) is 18.9. The van der Waals surface area contributed by atoms with Crippen LogP contribution in [-0.2, 0) is 9.47 Å². The molecule has 0 saturated heterocycles. The van der Waals surface area contributed by atoms with E-state index in [9.17, 15) is 5.11 Å². The van der Waals surface area contributed by atoms with E-state index in [1.54, 1.807) is 12.1 Å². The molecule has 0 fully saturated rings. The third-order valence-corrected chi connectivity index (χ3v) is 6.94. The van der Waals surface area contributed by atoms with E-state index in [1.807, 2.05) is 0 Å². The monoisotopic (exact) mass is 386 g/mol. The Morgan fingerprint density at radius 3 is 1.80 bits per heavy atom. The Morgan fingerprint density at radius 2 is 1.32 bits per heavy atom. The molecule has 1 aromatic carbocycles. The van der Waals surface area contributed by atoms with Crippen LogP contribution in [0.5, 0.6) is 17.2 Å². The number of benzene rings is 1. The van der Waals surface area contributed by atoms with Gasteiger partial charge < -0.3 is 24.1 Å². The molecule has 0 atom stereocenters. The summed E-state index contributed by atoms with van der Waals surface area (Å²) in [6, 6.07) is 7.14. The van der Waals surface area contributed by atoms with Gasteiger partial charge >= 0.3 is 0 Å². The first-order valence-corrected chi connectivity index (χ1v) is 16.2. The van der Waals surface area contributed by atoms with E-state index in [-0.39, 0.29) is 19.3 Å². The van der Waals surface area contributed by atoms with Crippen molar-refractivity contribution in [3.8, 4) is 17.2 Å². The Morgan fingerprint density at radius 1 is 0.800 bits per heavy atom. The van der Waals surface area contributed by atoms with Crippen LogP contribution in [0.15, 0.2) is 18.2 Å². The molecule has 0 aromatic heterocycles. The number of phenolic OH excluding ortho intramolecular Hbond substituents is 1. The topological polar surface area (TPSA) is 57.2 Å². The molecule has 0 aliphatic rings. The van der Waals surface area contributed by atoms with Crippen LogP contribution in [0.3, 0.4) is 0 Å². The third-order valence-electron chi connectivity index (χ3n) is 3.53. The zero-order valence-corrected chi connectivity index (χ0v) is 18.6. The predicted octanol–water partition coefficient (Wildman–Crippen LogP) is 4.77. The van der Waals surface area contributed by atoms with Gasteiger partial charge in [0.2, 0.25) is 0 Å². The molecule has 0 aliphatic carbocycles. The van der Waals surface area contributed by atoms with Gasteiger partial charge in [0.15, 0.2) is 25.1 Å². The first-order chi connectivity index (χ1) is 11.6. The lowest BCUT2D eigenvalue weighted by Gasteiger charge is -2.16. The molecule has 0 saturated carbocycles. The Labute approximate surface area is 154 Å². The smallest absolute Gasteiger partial charge is 0.189 e. The van der Waals surface area contributed by atoms with Crippen molar-refractivity contribution in [1.82, 2.24) is 0 Å². The lowest BCUT2D eigenvalue weighted by Crippen LogP contribution is -2.22. The van der Waals surface area contributed by atoms with Gasteiger partial charge in [-0.2, -0.15) is 0 Å². The van der Waals surface area contributed by atoms with E-state index in [4.69, 9.17) is 18.9 Å². The van der Waals surface area contributed by atoms with Crippen LogP contribution in [0.2, 0.25) is 51.4 Å². The second-order valence-corrected chi connectivity index (χ2v) is 19.8. The first kappa shape index (κ1) is 22.0. The number of rotatable bonds is 12. The van der Waals surface area contributed by atoms with Crippen molar-refractivity contribution in [3.05, 3.63) is 18.2 Å². The maximum Gasteiger partial charge on any atom is 0.189 e. The van der Waals surface area contributed by atoms with Crippen molar-refractivity contribution in [1.29, 1.82) is 0 Å². The molecule has 5 nitrogen and oxygen atoms in total. The van der Waals surface area contributed by atoms with Crippen molar-refractivity contribution in [2.45, 2.75) is 51.4 Å². The van der Waals surface area contributed by atoms with Gasteiger partial charge in [-0.25, -0.2) is 0 Å². The average molecular weight is 387 g/mol. The van der Waals surface area contributed by atoms with Crippen molar-refractivity contribution in [3.63, 3.8) is 0 Å². The van der Waals surface area contributed by atoms with Gasteiger partial charge in [0, 0.05) is 35.4 Å². The van der Waals surface area contributed by atoms with Crippen LogP contribution in [0.1, 0.15) is 0 Å². The first-order valence-electron chi connectivity index (χ1n) is 8.81. The summed E-state index contributed by atoms with van der Waals surface area (Å²) in [5, 5.41) is 10.00. The van der Waals surface area contributed by atoms with E-state index >= 15 is 0 Å². The highest BCUT2D eigenvalue weighted by Gasteiger charge is 2.13. The summed E-state index contributed by atoms with van der Waals surface area (Å²) < 4.78 is 21.9. The molecule has 0 bridgehead atoms. The molecule has 0 spiro atoms. The zero-order valence-electron chi connectivity index (χ0n) is 16.6. The minimum atomic E-state index is -1.09. The van der Waals surface area contributed by atoms with E-state index in [0.29, 0.717) is 24.7 Å². The maximum absolute atomic E-state index is 10.00. The normalized spacial score (nSPS) is 12.2. The molecule has 25 heavy (non-hydrogen) atoms. The fourth-order valence-electron chi connectivity index (χ4n) is 1.80. The summed E-state index contributed by atoms with van der Waals surface area (Å²) in [6.07, 6.45) is 0. The summed E-state index contributed by atoms with van der Waals surface area (Å²) in [5.74, 6) is 0.978. The lowest BCUT2D eigenvalue weighted by molar-refractivity contribution is 0.0184. The van der Waals surface area contributed by atoms with Crippen molar-refractivity contribution in [2.24, 2.45) is 0 Å². The van der Waals surface area contributed by atoms with Crippen LogP contribution in [0, 0.1) is 0 Å². The van der Waals surface area contributed by atoms with E-state index < -0.39 is 16.1 Å². The van der Waals surface area contributed by atoms with Gasteiger partial charge in [0.1, 0.15) is 5.75 Å². The molecule has 1 N–H and O–H groups in total. The third kappa shape index (κ3) is 11.2. The Kier molecular flexibility index (Phi) is 8.98. The number of hydrogen-bond donors (Lipinski definition) is 1. The van der Waals surface area contributed by atoms with Crippen LogP contribution in [-0.4, -0.2) is 48.1 Å². The van der Waals surface area contributed by atoms with Crippen LogP contribution in [0.25, 0.3) is 0 Å².